The number of ether oxygens (including phenoxy) is 1. The molecule has 1 unspecified atom stereocenters. The van der Waals surface area contributed by atoms with E-state index in [0.717, 1.165) is 50.7 Å². The summed E-state index contributed by atoms with van der Waals surface area (Å²) in [4.78, 5) is 0. The molecule has 0 radical (unpaired) electrons. The minimum Gasteiger partial charge on any atom is -0.508 e. The van der Waals surface area contributed by atoms with E-state index in [1.807, 2.05) is 30.3 Å². The Labute approximate surface area is 187 Å². The number of aromatic hydroxyl groups is 1. The van der Waals surface area contributed by atoms with Gasteiger partial charge in [-0.25, -0.2) is 0 Å². The van der Waals surface area contributed by atoms with Gasteiger partial charge in [0, 0.05) is 25.3 Å². The number of aliphatic hydroxyl groups is 2. The fourth-order valence-electron chi connectivity index (χ4n) is 3.05. The number of hydrogen-bond acceptors (Lipinski definition) is 5. The molecule has 166 valence electrons. The highest BCUT2D eigenvalue weighted by atomic mass is 16.5. The van der Waals surface area contributed by atoms with E-state index in [2.05, 4.69) is 5.32 Å². The normalized spacial score (nSPS) is 16.7. The molecule has 0 heterocycles. The smallest absolute Gasteiger partial charge is 0.121 e. The number of rotatable bonds is 16. The molecule has 5 nitrogen and oxygen atoms in total. The highest BCUT2D eigenvalue weighted by molar-refractivity contribution is 5.36. The van der Waals surface area contributed by atoms with Gasteiger partial charge in [-0.1, -0.05) is 49.2 Å². The molecule has 0 amide bonds. The first kappa shape index (κ1) is 17.7. The lowest BCUT2D eigenvalue weighted by molar-refractivity contribution is 0.126. The van der Waals surface area contributed by atoms with Crippen LogP contribution < -0.4 is 5.32 Å². The van der Waals surface area contributed by atoms with Crippen molar-refractivity contribution in [1.82, 2.24) is 5.32 Å². The van der Waals surface area contributed by atoms with Gasteiger partial charge in [0.15, 0.2) is 0 Å². The summed E-state index contributed by atoms with van der Waals surface area (Å²) in [5, 5.41) is 32.6. The first-order valence-corrected chi connectivity index (χ1v) is 10.6. The van der Waals surface area contributed by atoms with Crippen LogP contribution in [0.2, 0.25) is 0 Å². The van der Waals surface area contributed by atoms with Gasteiger partial charge in [-0.3, -0.25) is 0 Å². The van der Waals surface area contributed by atoms with Crippen LogP contribution in [0, 0.1) is 0 Å². The largest absolute Gasteiger partial charge is 0.508 e. The highest BCUT2D eigenvalue weighted by Gasteiger charge is 2.09. The van der Waals surface area contributed by atoms with E-state index in [1.54, 1.807) is 0 Å². The molecule has 30 heavy (non-hydrogen) atoms. The van der Waals surface area contributed by atoms with Gasteiger partial charge in [0.2, 0.25) is 0 Å². The molecular formula is C25H37NO4. The highest BCUT2D eigenvalue weighted by Crippen LogP contribution is 2.22. The van der Waals surface area contributed by atoms with Crippen LogP contribution >= 0.6 is 0 Å². The van der Waals surface area contributed by atoms with Gasteiger partial charge in [-0.2, -0.15) is 0 Å². The fraction of sp³-hybridized carbons (Fsp3) is 0.520. The van der Waals surface area contributed by atoms with E-state index in [-0.39, 0.29) is 12.1 Å². The maximum absolute atomic E-state index is 10.4. The molecule has 0 aliphatic rings. The van der Waals surface area contributed by atoms with Crippen LogP contribution in [0.3, 0.4) is 0 Å². The first-order valence-electron chi connectivity index (χ1n) is 13.1. The van der Waals surface area contributed by atoms with Crippen LogP contribution in [0.5, 0.6) is 5.75 Å². The van der Waals surface area contributed by atoms with Gasteiger partial charge < -0.3 is 25.4 Å². The van der Waals surface area contributed by atoms with E-state index >= 15 is 0 Å². The van der Waals surface area contributed by atoms with Gasteiger partial charge in [0.25, 0.3) is 0 Å². The third kappa shape index (κ3) is 9.72. The van der Waals surface area contributed by atoms with Crippen molar-refractivity contribution in [3.05, 3.63) is 65.2 Å². The SMILES string of the molecule is [2H]C([2H])(CCCc1ccccc1)OCCCCCCNCC([2H])(O)c1ccc(O)c(C([2H])([2H])O)c1. The molecule has 5 heteroatoms. The average molecular weight is 421 g/mol. The second kappa shape index (κ2) is 15.0. The van der Waals surface area contributed by atoms with Gasteiger partial charge in [-0.05, 0) is 61.9 Å². The lowest BCUT2D eigenvalue weighted by atomic mass is 10.1. The van der Waals surface area contributed by atoms with E-state index < -0.39 is 30.5 Å². The number of unbranched alkanes of at least 4 members (excludes halogenated alkanes) is 3. The Bertz CT molecular complexity index is 891. The predicted octanol–water partition coefficient (Wildman–Crippen LogP) is 4.11. The molecule has 1 atom stereocenters. The summed E-state index contributed by atoms with van der Waals surface area (Å²) < 4.78 is 44.2. The maximum Gasteiger partial charge on any atom is 0.121 e. The monoisotopic (exact) mass is 420 g/mol. The molecule has 0 saturated heterocycles. The average Bonchev–Trinajstić information content (AvgIpc) is 2.78. The Morgan fingerprint density at radius 3 is 2.60 bits per heavy atom. The third-order valence-corrected chi connectivity index (χ3v) is 4.78. The summed E-state index contributed by atoms with van der Waals surface area (Å²) in [6.07, 6.45) is 3.18. The van der Waals surface area contributed by atoms with Crippen molar-refractivity contribution in [3.63, 3.8) is 0 Å². The zero-order valence-corrected chi connectivity index (χ0v) is 17.4. The first-order chi connectivity index (χ1) is 16.4. The number of aryl methyl sites for hydroxylation is 1. The van der Waals surface area contributed by atoms with Crippen LogP contribution in [0.4, 0.5) is 0 Å². The molecule has 0 aromatic heterocycles. The van der Waals surface area contributed by atoms with Crippen LogP contribution in [0.1, 0.15) is 68.1 Å². The van der Waals surface area contributed by atoms with Gasteiger partial charge in [0.1, 0.15) is 5.75 Å². The molecule has 0 aliphatic carbocycles. The van der Waals surface area contributed by atoms with Gasteiger partial charge in [0.05, 0.1) is 19.5 Å². The molecule has 2 aromatic rings. The van der Waals surface area contributed by atoms with Crippen molar-refractivity contribution in [1.29, 1.82) is 0 Å². The van der Waals surface area contributed by atoms with Crippen molar-refractivity contribution in [2.45, 2.75) is 57.6 Å². The Kier molecular flexibility index (Phi) is 8.85. The number of phenols is 1. The molecular weight excluding hydrogens is 378 g/mol. The van der Waals surface area contributed by atoms with Gasteiger partial charge >= 0.3 is 0 Å². The second-order valence-electron chi connectivity index (χ2n) is 7.21. The van der Waals surface area contributed by atoms with E-state index in [0.29, 0.717) is 19.6 Å². The second-order valence-corrected chi connectivity index (χ2v) is 7.21. The van der Waals surface area contributed by atoms with Gasteiger partial charge in [-0.15, -0.1) is 0 Å². The number of benzene rings is 2. The summed E-state index contributed by atoms with van der Waals surface area (Å²) in [6.45, 7) is -3.58. The number of hydrogen-bond donors (Lipinski definition) is 4. The van der Waals surface area contributed by atoms with Crippen LogP contribution in [0.25, 0.3) is 0 Å². The lowest BCUT2D eigenvalue weighted by Crippen LogP contribution is -2.22. The Hall–Kier alpha value is -1.92. The Morgan fingerprint density at radius 1 is 1.00 bits per heavy atom. The summed E-state index contributed by atoms with van der Waals surface area (Å²) in [6, 6.07) is 13.6. The van der Waals surface area contributed by atoms with E-state index in [1.165, 1.54) is 11.6 Å². The summed E-state index contributed by atoms with van der Waals surface area (Å²) in [7, 11) is 0. The standard InChI is InChI=1S/C25H37NO4/c27-20-23-18-22(13-14-24(23)28)25(29)19-26-15-7-1-2-8-16-30-17-9-6-12-21-10-4-3-5-11-21/h3-5,10-11,13-14,18,25-29H,1-2,6-9,12,15-17,19-20H2/i17D2,20D2,25D. The molecule has 0 aliphatic heterocycles. The van der Waals surface area contributed by atoms with Crippen LogP contribution in [-0.4, -0.2) is 41.6 Å². The fourth-order valence-corrected chi connectivity index (χ4v) is 3.05. The summed E-state index contributed by atoms with van der Waals surface area (Å²) in [5.41, 5.74) is 0.857. The van der Waals surface area contributed by atoms with Crippen molar-refractivity contribution >= 4 is 0 Å². The van der Waals surface area contributed by atoms with Crippen molar-refractivity contribution < 1.29 is 26.9 Å². The minimum absolute atomic E-state index is 0.0610. The van der Waals surface area contributed by atoms with Crippen molar-refractivity contribution in [3.8, 4) is 5.75 Å². The Morgan fingerprint density at radius 2 is 1.80 bits per heavy atom. The van der Waals surface area contributed by atoms with Crippen LogP contribution in [-0.2, 0) is 17.7 Å². The lowest BCUT2D eigenvalue weighted by Gasteiger charge is -2.14. The molecule has 4 N–H and O–H groups in total. The molecule has 0 fully saturated rings. The number of nitrogens with one attached hydrogen (secondary N) is 1. The van der Waals surface area contributed by atoms with Crippen molar-refractivity contribution in [2.24, 2.45) is 0 Å². The quantitative estimate of drug-likeness (QED) is 0.307. The summed E-state index contributed by atoms with van der Waals surface area (Å²) in [5.74, 6) is -0.450. The van der Waals surface area contributed by atoms with E-state index in [4.69, 9.17) is 11.6 Å². The topological polar surface area (TPSA) is 82.0 Å². The predicted molar refractivity (Wildman–Crippen MR) is 121 cm³/mol. The molecule has 0 spiro atoms. The molecule has 0 saturated carbocycles. The molecule has 2 rings (SSSR count). The minimum atomic E-state index is -2.78. The van der Waals surface area contributed by atoms with Crippen LogP contribution in [0.15, 0.2) is 48.5 Å². The van der Waals surface area contributed by atoms with E-state index in [9.17, 15) is 15.3 Å². The summed E-state index contributed by atoms with van der Waals surface area (Å²) >= 11 is 0. The maximum atomic E-state index is 10.4. The zero-order chi connectivity index (χ0) is 26.0. The zero-order valence-electron chi connectivity index (χ0n) is 22.4. The molecule has 2 aromatic carbocycles. The third-order valence-electron chi connectivity index (χ3n) is 4.78. The Balaban J connectivity index is 1.57. The van der Waals surface area contributed by atoms with Crippen molar-refractivity contribution in [2.75, 3.05) is 26.3 Å². The molecule has 0 bridgehead atoms.